The van der Waals surface area contributed by atoms with Crippen LogP contribution in [0.1, 0.15) is 30.4 Å². The molecule has 0 saturated carbocycles. The average molecular weight is 498 g/mol. The first-order chi connectivity index (χ1) is 15.9. The number of sulfonamides is 1. The third-order valence-corrected chi connectivity index (χ3v) is 7.67. The molecule has 0 atom stereocenters. The molecular weight excluding hydrogens is 471 g/mol. The molecule has 0 bridgehead atoms. The monoisotopic (exact) mass is 497 g/mol. The van der Waals surface area contributed by atoms with Crippen molar-refractivity contribution in [3.63, 3.8) is 0 Å². The predicted octanol–water partition coefficient (Wildman–Crippen LogP) is 3.32. The van der Waals surface area contributed by atoms with Gasteiger partial charge < -0.3 is 10.6 Å². The van der Waals surface area contributed by atoms with Gasteiger partial charge in [-0.05, 0) is 50.1 Å². The van der Waals surface area contributed by atoms with Gasteiger partial charge in [0.2, 0.25) is 11.8 Å². The highest BCUT2D eigenvalue weighted by Gasteiger charge is 2.34. The number of anilines is 1. The molecule has 11 heteroatoms. The highest BCUT2D eigenvalue weighted by Crippen LogP contribution is 2.32. The van der Waals surface area contributed by atoms with Crippen molar-refractivity contribution >= 4 is 27.5 Å². The molecule has 0 unspecified atom stereocenters. The summed E-state index contributed by atoms with van der Waals surface area (Å²) in [4.78, 5) is 25.1. The lowest BCUT2D eigenvalue weighted by Gasteiger charge is -2.31. The molecule has 184 valence electrons. The van der Waals surface area contributed by atoms with Crippen LogP contribution in [0.2, 0.25) is 0 Å². The summed E-state index contributed by atoms with van der Waals surface area (Å²) in [5.41, 5.74) is 5.35. The van der Waals surface area contributed by atoms with Crippen molar-refractivity contribution in [3.05, 3.63) is 59.7 Å². The first kappa shape index (κ1) is 25.5. The van der Waals surface area contributed by atoms with Crippen LogP contribution in [0.3, 0.4) is 0 Å². The minimum Gasteiger partial charge on any atom is -0.369 e. The summed E-state index contributed by atoms with van der Waals surface area (Å²) in [6.45, 7) is 2.22. The molecule has 1 saturated heterocycles. The lowest BCUT2D eigenvalue weighted by atomic mass is 9.96. The molecule has 1 aliphatic heterocycles. The second-order valence-corrected chi connectivity index (χ2v) is 10.1. The zero-order valence-electron chi connectivity index (χ0n) is 18.6. The molecule has 2 aromatic rings. The summed E-state index contributed by atoms with van der Waals surface area (Å²) < 4.78 is 67.2. The van der Waals surface area contributed by atoms with Gasteiger partial charge in [0.25, 0.3) is 10.0 Å². The SMILES string of the molecule is Cc1ccc(N(CCC(=O)N2CCC(C(N)=O)CC2)S(=O)(=O)c2cccc(C(F)(F)F)c2)cc1. The lowest BCUT2D eigenvalue weighted by molar-refractivity contribution is -0.137. The quantitative estimate of drug-likeness (QED) is 0.634. The fourth-order valence-electron chi connectivity index (χ4n) is 3.83. The molecule has 2 aromatic carbocycles. The lowest BCUT2D eigenvalue weighted by Crippen LogP contribution is -2.43. The Labute approximate surface area is 196 Å². The van der Waals surface area contributed by atoms with Crippen molar-refractivity contribution in [2.75, 3.05) is 23.9 Å². The van der Waals surface area contributed by atoms with Crippen LogP contribution in [-0.4, -0.2) is 44.8 Å². The molecule has 1 fully saturated rings. The maximum absolute atomic E-state index is 13.4. The minimum atomic E-state index is -4.70. The van der Waals surface area contributed by atoms with Crippen molar-refractivity contribution in [3.8, 4) is 0 Å². The van der Waals surface area contributed by atoms with Gasteiger partial charge in [0, 0.05) is 32.0 Å². The highest BCUT2D eigenvalue weighted by molar-refractivity contribution is 7.92. The summed E-state index contributed by atoms with van der Waals surface area (Å²) in [5.74, 6) is -1.02. The van der Waals surface area contributed by atoms with E-state index in [0.717, 1.165) is 28.1 Å². The molecule has 2 amide bonds. The van der Waals surface area contributed by atoms with E-state index in [1.807, 2.05) is 6.92 Å². The van der Waals surface area contributed by atoms with E-state index in [9.17, 15) is 31.2 Å². The summed E-state index contributed by atoms with van der Waals surface area (Å²) in [6.07, 6.45) is -4.00. The number of nitrogens with zero attached hydrogens (tertiary/aromatic N) is 2. The number of benzene rings is 2. The number of carbonyl (C=O) groups excluding carboxylic acids is 2. The van der Waals surface area contributed by atoms with Crippen LogP contribution in [0.4, 0.5) is 18.9 Å². The predicted molar refractivity (Wildman–Crippen MR) is 120 cm³/mol. The third kappa shape index (κ3) is 5.88. The number of aryl methyl sites for hydroxylation is 1. The number of carbonyl (C=O) groups is 2. The zero-order valence-corrected chi connectivity index (χ0v) is 19.4. The Morgan fingerprint density at radius 2 is 1.71 bits per heavy atom. The second-order valence-electron chi connectivity index (χ2n) is 8.25. The number of nitrogens with two attached hydrogens (primary N) is 1. The zero-order chi connectivity index (χ0) is 25.1. The average Bonchev–Trinajstić information content (AvgIpc) is 2.79. The van der Waals surface area contributed by atoms with Crippen LogP contribution >= 0.6 is 0 Å². The Hall–Kier alpha value is -3.08. The molecule has 0 radical (unpaired) electrons. The molecule has 34 heavy (non-hydrogen) atoms. The topological polar surface area (TPSA) is 101 Å². The van der Waals surface area contributed by atoms with E-state index in [2.05, 4.69) is 0 Å². The van der Waals surface area contributed by atoms with E-state index in [4.69, 9.17) is 5.73 Å². The normalized spacial score (nSPS) is 15.2. The Morgan fingerprint density at radius 1 is 1.09 bits per heavy atom. The fraction of sp³-hybridized carbons (Fsp3) is 0.391. The smallest absolute Gasteiger partial charge is 0.369 e. The number of primary amides is 1. The highest BCUT2D eigenvalue weighted by atomic mass is 32.2. The van der Waals surface area contributed by atoms with E-state index in [-0.39, 0.29) is 30.5 Å². The van der Waals surface area contributed by atoms with Crippen molar-refractivity contribution in [2.45, 2.75) is 37.3 Å². The maximum Gasteiger partial charge on any atom is 0.416 e. The van der Waals surface area contributed by atoms with Gasteiger partial charge in [-0.1, -0.05) is 23.8 Å². The van der Waals surface area contributed by atoms with Gasteiger partial charge in [-0.25, -0.2) is 8.42 Å². The van der Waals surface area contributed by atoms with Crippen LogP contribution in [0, 0.1) is 12.8 Å². The Morgan fingerprint density at radius 3 is 2.26 bits per heavy atom. The van der Waals surface area contributed by atoms with Gasteiger partial charge in [-0.3, -0.25) is 13.9 Å². The number of halogens is 3. The number of rotatable bonds is 7. The minimum absolute atomic E-state index is 0.173. The molecule has 0 aliphatic carbocycles. The van der Waals surface area contributed by atoms with Gasteiger partial charge in [-0.2, -0.15) is 13.2 Å². The van der Waals surface area contributed by atoms with E-state index < -0.39 is 32.6 Å². The first-order valence-electron chi connectivity index (χ1n) is 10.7. The van der Waals surface area contributed by atoms with Crippen molar-refractivity contribution < 1.29 is 31.2 Å². The first-order valence-corrected chi connectivity index (χ1v) is 12.2. The molecule has 7 nitrogen and oxygen atoms in total. The number of likely N-dealkylation sites (tertiary alicyclic amines) is 1. The Bertz CT molecular complexity index is 1140. The Balaban J connectivity index is 1.84. The van der Waals surface area contributed by atoms with Crippen molar-refractivity contribution in [1.29, 1.82) is 0 Å². The number of hydrogen-bond donors (Lipinski definition) is 1. The molecule has 1 heterocycles. The fourth-order valence-corrected chi connectivity index (χ4v) is 5.34. The second kappa shape index (κ2) is 10.0. The maximum atomic E-state index is 13.4. The molecule has 2 N–H and O–H groups in total. The van der Waals surface area contributed by atoms with Gasteiger partial charge in [0.1, 0.15) is 0 Å². The van der Waals surface area contributed by atoms with E-state index >= 15 is 0 Å². The molecule has 1 aliphatic rings. The van der Waals surface area contributed by atoms with Crippen molar-refractivity contribution in [2.24, 2.45) is 11.7 Å². The summed E-state index contributed by atoms with van der Waals surface area (Å²) in [7, 11) is -4.39. The van der Waals surface area contributed by atoms with Crippen LogP contribution < -0.4 is 10.0 Å². The largest absolute Gasteiger partial charge is 0.416 e. The third-order valence-electron chi connectivity index (χ3n) is 5.85. The number of amides is 2. The summed E-state index contributed by atoms with van der Waals surface area (Å²) >= 11 is 0. The van der Waals surface area contributed by atoms with Crippen LogP contribution in [-0.2, 0) is 25.8 Å². The van der Waals surface area contributed by atoms with Crippen LogP contribution in [0.15, 0.2) is 53.4 Å². The van der Waals surface area contributed by atoms with E-state index in [1.165, 1.54) is 0 Å². The van der Waals surface area contributed by atoms with Gasteiger partial charge in [0.05, 0.1) is 16.1 Å². The van der Waals surface area contributed by atoms with E-state index in [1.54, 1.807) is 29.2 Å². The number of alkyl halides is 3. The van der Waals surface area contributed by atoms with Gasteiger partial charge in [-0.15, -0.1) is 0 Å². The molecule has 0 aromatic heterocycles. The Kier molecular flexibility index (Phi) is 7.54. The van der Waals surface area contributed by atoms with Gasteiger partial charge >= 0.3 is 6.18 Å². The molecule has 3 rings (SSSR count). The van der Waals surface area contributed by atoms with Gasteiger partial charge in [0.15, 0.2) is 0 Å². The standard InChI is InChI=1S/C23H26F3N3O4S/c1-16-5-7-19(8-6-16)29(14-11-21(30)28-12-9-17(10-13-28)22(27)31)34(32,33)20-4-2-3-18(15-20)23(24,25)26/h2-8,15,17H,9-14H2,1H3,(H2,27,31). The number of piperidine rings is 1. The van der Waals surface area contributed by atoms with Crippen LogP contribution in [0.5, 0.6) is 0 Å². The van der Waals surface area contributed by atoms with Crippen molar-refractivity contribution in [1.82, 2.24) is 4.90 Å². The van der Waals surface area contributed by atoms with E-state index in [0.29, 0.717) is 32.0 Å². The molecular formula is C23H26F3N3O4S. The number of hydrogen-bond acceptors (Lipinski definition) is 4. The summed E-state index contributed by atoms with van der Waals surface area (Å²) in [5, 5.41) is 0. The summed E-state index contributed by atoms with van der Waals surface area (Å²) in [6, 6.07) is 9.98. The molecule has 0 spiro atoms. The van der Waals surface area contributed by atoms with Crippen LogP contribution in [0.25, 0.3) is 0 Å².